The minimum absolute atomic E-state index is 0.176. The Bertz CT molecular complexity index is 941. The first-order valence-corrected chi connectivity index (χ1v) is 11.5. The van der Waals surface area contributed by atoms with E-state index in [1.54, 1.807) is 48.5 Å². The van der Waals surface area contributed by atoms with Crippen LogP contribution >= 0.6 is 0 Å². The van der Waals surface area contributed by atoms with Gasteiger partial charge >= 0.3 is 0 Å². The van der Waals surface area contributed by atoms with E-state index in [0.717, 1.165) is 25.9 Å². The lowest BCUT2D eigenvalue weighted by Crippen LogP contribution is -2.35. The van der Waals surface area contributed by atoms with E-state index < -0.39 is 0 Å². The van der Waals surface area contributed by atoms with Gasteiger partial charge in [0.25, 0.3) is 23.6 Å². The molecule has 172 valence electrons. The molecule has 2 aliphatic rings. The van der Waals surface area contributed by atoms with Crippen LogP contribution < -0.4 is 5.32 Å². The van der Waals surface area contributed by atoms with Crippen molar-refractivity contribution in [2.45, 2.75) is 26.7 Å². The van der Waals surface area contributed by atoms with Crippen LogP contribution in [0.3, 0.4) is 0 Å². The SMILES string of the molecule is CC(CCNCCC(C)CN1C(=O)c2ccccc2C1=O)CN1C(=O)c2ccccc2C1=O. The highest BCUT2D eigenvalue weighted by Crippen LogP contribution is 2.25. The Kier molecular flexibility index (Phi) is 6.70. The van der Waals surface area contributed by atoms with Crippen LogP contribution in [0.5, 0.6) is 0 Å². The number of carbonyl (C=O) groups excluding carboxylic acids is 4. The molecule has 1 N–H and O–H groups in total. The maximum absolute atomic E-state index is 12.5. The standard InChI is InChI=1S/C26H29N3O4/c1-17(15-28-23(30)19-7-3-4-8-20(19)24(28)31)11-13-27-14-12-18(2)16-29-25(32)21-9-5-6-10-22(21)26(29)33/h3-10,17-18,27H,11-16H2,1-2H3. The first-order valence-electron chi connectivity index (χ1n) is 11.5. The van der Waals surface area contributed by atoms with Gasteiger partial charge in [-0.25, -0.2) is 0 Å². The number of hydrogen-bond donors (Lipinski definition) is 1. The summed E-state index contributed by atoms with van der Waals surface area (Å²) in [6.45, 7) is 6.43. The molecule has 7 heteroatoms. The molecular weight excluding hydrogens is 418 g/mol. The van der Waals surface area contributed by atoms with Gasteiger partial charge in [-0.3, -0.25) is 29.0 Å². The van der Waals surface area contributed by atoms with Gasteiger partial charge in [-0.1, -0.05) is 38.1 Å². The fourth-order valence-electron chi connectivity index (χ4n) is 4.44. The first kappa shape index (κ1) is 22.9. The first-order chi connectivity index (χ1) is 15.9. The number of carbonyl (C=O) groups is 4. The molecule has 2 aliphatic heterocycles. The van der Waals surface area contributed by atoms with Crippen LogP contribution in [0.15, 0.2) is 48.5 Å². The summed E-state index contributed by atoms with van der Waals surface area (Å²) in [5.41, 5.74) is 1.94. The molecule has 33 heavy (non-hydrogen) atoms. The molecule has 7 nitrogen and oxygen atoms in total. The molecule has 0 fully saturated rings. The number of rotatable bonds is 10. The summed E-state index contributed by atoms with van der Waals surface area (Å²) in [6, 6.07) is 13.9. The van der Waals surface area contributed by atoms with E-state index in [0.29, 0.717) is 35.3 Å². The molecule has 4 rings (SSSR count). The summed E-state index contributed by atoms with van der Waals surface area (Å²) >= 11 is 0. The predicted molar refractivity (Wildman–Crippen MR) is 124 cm³/mol. The molecule has 0 aliphatic carbocycles. The van der Waals surface area contributed by atoms with Gasteiger partial charge in [0.2, 0.25) is 0 Å². The number of benzene rings is 2. The summed E-state index contributed by atoms with van der Waals surface area (Å²) in [5.74, 6) is -0.490. The number of hydrogen-bond acceptors (Lipinski definition) is 5. The van der Waals surface area contributed by atoms with E-state index in [2.05, 4.69) is 5.32 Å². The third kappa shape index (κ3) is 4.59. The fourth-order valence-corrected chi connectivity index (χ4v) is 4.44. The van der Waals surface area contributed by atoms with Crippen LogP contribution in [0.4, 0.5) is 0 Å². The summed E-state index contributed by atoms with van der Waals surface area (Å²) in [7, 11) is 0. The van der Waals surface area contributed by atoms with E-state index >= 15 is 0 Å². The van der Waals surface area contributed by atoms with E-state index in [1.807, 2.05) is 13.8 Å². The molecular formula is C26H29N3O4. The molecule has 0 aromatic heterocycles. The average Bonchev–Trinajstić information content (AvgIpc) is 3.20. The van der Waals surface area contributed by atoms with Crippen molar-refractivity contribution < 1.29 is 19.2 Å². The summed E-state index contributed by atoms with van der Waals surface area (Å²) in [6.07, 6.45) is 1.67. The van der Waals surface area contributed by atoms with Crippen LogP contribution in [-0.4, -0.2) is 59.6 Å². The number of amides is 4. The largest absolute Gasteiger partial charge is 0.317 e. The highest BCUT2D eigenvalue weighted by Gasteiger charge is 2.36. The monoisotopic (exact) mass is 447 g/mol. The maximum atomic E-state index is 12.5. The lowest BCUT2D eigenvalue weighted by molar-refractivity contribution is 0.0617. The van der Waals surface area contributed by atoms with Crippen LogP contribution in [-0.2, 0) is 0 Å². The third-order valence-corrected chi connectivity index (χ3v) is 6.37. The van der Waals surface area contributed by atoms with Gasteiger partial charge in [-0.15, -0.1) is 0 Å². The molecule has 2 aromatic rings. The van der Waals surface area contributed by atoms with Crippen LogP contribution in [0, 0.1) is 11.8 Å². The number of nitrogens with zero attached hydrogens (tertiary/aromatic N) is 2. The lowest BCUT2D eigenvalue weighted by atomic mass is 10.1. The third-order valence-electron chi connectivity index (χ3n) is 6.37. The molecule has 0 saturated heterocycles. The molecule has 0 spiro atoms. The molecule has 2 unspecified atom stereocenters. The molecule has 0 bridgehead atoms. The second-order valence-electron chi connectivity index (χ2n) is 9.07. The van der Waals surface area contributed by atoms with Crippen molar-refractivity contribution in [1.29, 1.82) is 0 Å². The molecule has 2 atom stereocenters. The van der Waals surface area contributed by atoms with Gasteiger partial charge in [0.1, 0.15) is 0 Å². The van der Waals surface area contributed by atoms with Crippen molar-refractivity contribution in [2.75, 3.05) is 26.2 Å². The average molecular weight is 448 g/mol. The molecule has 2 heterocycles. The Balaban J connectivity index is 1.16. The zero-order valence-corrected chi connectivity index (χ0v) is 19.0. The molecule has 0 saturated carbocycles. The van der Waals surface area contributed by atoms with Gasteiger partial charge in [0, 0.05) is 13.1 Å². The summed E-state index contributed by atoms with van der Waals surface area (Å²) < 4.78 is 0. The Labute approximate surface area is 193 Å². The molecule has 4 amide bonds. The van der Waals surface area contributed by atoms with E-state index in [4.69, 9.17) is 0 Å². The second-order valence-corrected chi connectivity index (χ2v) is 9.07. The number of imide groups is 2. The van der Waals surface area contributed by atoms with Crippen molar-refractivity contribution in [3.63, 3.8) is 0 Å². The highest BCUT2D eigenvalue weighted by atomic mass is 16.2. The highest BCUT2D eigenvalue weighted by molar-refractivity contribution is 6.22. The van der Waals surface area contributed by atoms with E-state index in [1.165, 1.54) is 9.80 Å². The van der Waals surface area contributed by atoms with Gasteiger partial charge in [0.05, 0.1) is 22.3 Å². The van der Waals surface area contributed by atoms with Gasteiger partial charge < -0.3 is 5.32 Å². The van der Waals surface area contributed by atoms with Crippen LogP contribution in [0.1, 0.15) is 68.1 Å². The smallest absolute Gasteiger partial charge is 0.261 e. The van der Waals surface area contributed by atoms with E-state index in [9.17, 15) is 19.2 Å². The number of fused-ring (bicyclic) bond motifs is 2. The summed E-state index contributed by atoms with van der Waals surface area (Å²) in [4.78, 5) is 52.7. The van der Waals surface area contributed by atoms with Gasteiger partial charge in [0.15, 0.2) is 0 Å². The fraction of sp³-hybridized carbons (Fsp3) is 0.385. The zero-order valence-electron chi connectivity index (χ0n) is 19.0. The normalized spacial score (nSPS) is 16.9. The van der Waals surface area contributed by atoms with Crippen molar-refractivity contribution in [3.05, 3.63) is 70.8 Å². The van der Waals surface area contributed by atoms with Crippen molar-refractivity contribution >= 4 is 23.6 Å². The quantitative estimate of drug-likeness (QED) is 0.446. The second kappa shape index (κ2) is 9.67. The Morgan fingerprint density at radius 2 is 0.909 bits per heavy atom. The van der Waals surface area contributed by atoms with E-state index in [-0.39, 0.29) is 35.5 Å². The van der Waals surface area contributed by atoms with Crippen molar-refractivity contribution in [2.24, 2.45) is 11.8 Å². The lowest BCUT2D eigenvalue weighted by Gasteiger charge is -2.21. The number of nitrogens with one attached hydrogen (secondary N) is 1. The Morgan fingerprint density at radius 3 is 1.21 bits per heavy atom. The topological polar surface area (TPSA) is 86.8 Å². The van der Waals surface area contributed by atoms with Gasteiger partial charge in [-0.05, 0) is 62.0 Å². The minimum Gasteiger partial charge on any atom is -0.317 e. The zero-order chi connectivity index (χ0) is 23.5. The summed E-state index contributed by atoms with van der Waals surface area (Å²) in [5, 5.41) is 3.40. The maximum Gasteiger partial charge on any atom is 0.261 e. The molecule has 2 aromatic carbocycles. The Morgan fingerprint density at radius 1 is 0.606 bits per heavy atom. The molecule has 0 radical (unpaired) electrons. The van der Waals surface area contributed by atoms with Crippen LogP contribution in [0.25, 0.3) is 0 Å². The minimum atomic E-state index is -0.211. The predicted octanol–water partition coefficient (Wildman–Crippen LogP) is 3.22. The Hall–Kier alpha value is -3.32. The van der Waals surface area contributed by atoms with Crippen molar-refractivity contribution in [3.8, 4) is 0 Å². The van der Waals surface area contributed by atoms with Gasteiger partial charge in [-0.2, -0.15) is 0 Å². The van der Waals surface area contributed by atoms with Crippen molar-refractivity contribution in [1.82, 2.24) is 15.1 Å². The van der Waals surface area contributed by atoms with Crippen LogP contribution in [0.2, 0.25) is 0 Å².